The lowest BCUT2D eigenvalue weighted by Crippen LogP contribution is -2.49. The van der Waals surface area contributed by atoms with Crippen LogP contribution in [0.2, 0.25) is 0 Å². The number of ether oxygens (including phenoxy) is 2. The average molecular weight is 295 g/mol. The van der Waals surface area contributed by atoms with Gasteiger partial charge in [-0.3, -0.25) is 4.79 Å². The smallest absolute Gasteiger partial charge is 0.406 e. The monoisotopic (exact) mass is 295 g/mol. The molecule has 1 aliphatic carbocycles. The van der Waals surface area contributed by atoms with E-state index in [-0.39, 0.29) is 19.1 Å². The highest BCUT2D eigenvalue weighted by Gasteiger charge is 2.63. The van der Waals surface area contributed by atoms with E-state index >= 15 is 0 Å². The summed E-state index contributed by atoms with van der Waals surface area (Å²) in [5, 5.41) is 2.61. The number of nitrogens with one attached hydrogen (secondary N) is 1. The molecule has 2 aliphatic rings. The molecule has 7 heteroatoms. The maximum atomic E-state index is 13.2. The first-order chi connectivity index (χ1) is 9.39. The fourth-order valence-corrected chi connectivity index (χ4v) is 2.91. The third-order valence-electron chi connectivity index (χ3n) is 4.27. The molecular formula is C13H20F3NO3. The second kappa shape index (κ2) is 5.89. The Kier molecular flexibility index (Phi) is 4.59. The zero-order chi connectivity index (χ0) is 14.8. The Balaban J connectivity index is 2.02. The van der Waals surface area contributed by atoms with Crippen molar-refractivity contribution in [2.75, 3.05) is 20.2 Å². The molecule has 1 saturated heterocycles. The molecule has 1 N–H and O–H groups in total. The summed E-state index contributed by atoms with van der Waals surface area (Å²) in [4.78, 5) is 12.1. The van der Waals surface area contributed by atoms with E-state index in [0.29, 0.717) is 12.8 Å². The fraction of sp³-hybridized carbons (Fsp3) is 0.923. The van der Waals surface area contributed by atoms with Crippen LogP contribution in [0.5, 0.6) is 0 Å². The minimum atomic E-state index is -4.58. The summed E-state index contributed by atoms with van der Waals surface area (Å²) in [6.45, 7) is -0.213. The summed E-state index contributed by atoms with van der Waals surface area (Å²) in [6, 6.07) is 0. The average Bonchev–Trinajstić information content (AvgIpc) is 2.89. The van der Waals surface area contributed by atoms with Crippen LogP contribution in [0.15, 0.2) is 0 Å². The maximum absolute atomic E-state index is 13.2. The molecule has 1 heterocycles. The lowest BCUT2D eigenvalue weighted by Gasteiger charge is -2.33. The van der Waals surface area contributed by atoms with E-state index in [0.717, 1.165) is 12.8 Å². The normalized spacial score (nSPS) is 35.0. The number of carbonyl (C=O) groups is 1. The first kappa shape index (κ1) is 15.6. The van der Waals surface area contributed by atoms with Gasteiger partial charge in [-0.2, -0.15) is 13.2 Å². The van der Waals surface area contributed by atoms with E-state index in [1.54, 1.807) is 7.11 Å². The van der Waals surface area contributed by atoms with Gasteiger partial charge in [0, 0.05) is 20.1 Å². The van der Waals surface area contributed by atoms with Gasteiger partial charge in [-0.25, -0.2) is 0 Å². The van der Waals surface area contributed by atoms with E-state index in [1.165, 1.54) is 0 Å². The van der Waals surface area contributed by atoms with Crippen molar-refractivity contribution in [2.24, 2.45) is 5.41 Å². The molecule has 20 heavy (non-hydrogen) atoms. The van der Waals surface area contributed by atoms with Crippen LogP contribution >= 0.6 is 0 Å². The van der Waals surface area contributed by atoms with Gasteiger partial charge in [0.25, 0.3) is 0 Å². The Labute approximate surface area is 116 Å². The predicted octanol–water partition coefficient (Wildman–Crippen LogP) is 2.03. The molecular weight excluding hydrogens is 275 g/mol. The molecule has 2 fully saturated rings. The van der Waals surface area contributed by atoms with Crippen LogP contribution in [0.3, 0.4) is 0 Å². The maximum Gasteiger partial charge on any atom is 0.406 e. The van der Waals surface area contributed by atoms with Crippen molar-refractivity contribution in [2.45, 2.75) is 50.5 Å². The molecule has 3 unspecified atom stereocenters. The van der Waals surface area contributed by atoms with Crippen molar-refractivity contribution in [3.05, 3.63) is 0 Å². The Morgan fingerprint density at radius 1 is 1.30 bits per heavy atom. The summed E-state index contributed by atoms with van der Waals surface area (Å²) in [6.07, 6.45) is -2.61. The van der Waals surface area contributed by atoms with Crippen LogP contribution in [0.1, 0.15) is 32.1 Å². The van der Waals surface area contributed by atoms with E-state index in [4.69, 9.17) is 9.47 Å². The van der Waals surface area contributed by atoms with Crippen molar-refractivity contribution in [3.63, 3.8) is 0 Å². The van der Waals surface area contributed by atoms with Gasteiger partial charge < -0.3 is 14.8 Å². The van der Waals surface area contributed by atoms with Gasteiger partial charge in [0.15, 0.2) is 5.41 Å². The van der Waals surface area contributed by atoms with Gasteiger partial charge in [-0.1, -0.05) is 0 Å². The van der Waals surface area contributed by atoms with E-state index < -0.39 is 30.2 Å². The van der Waals surface area contributed by atoms with Crippen LogP contribution < -0.4 is 5.32 Å². The van der Waals surface area contributed by atoms with Gasteiger partial charge in [0.05, 0.1) is 6.10 Å². The van der Waals surface area contributed by atoms with Crippen LogP contribution in [0, 0.1) is 5.41 Å². The van der Waals surface area contributed by atoms with Gasteiger partial charge in [-0.15, -0.1) is 0 Å². The SMILES string of the molecule is COC1CCCC(OC(=O)C2(C(F)(F)F)CCNC2)C1. The summed E-state index contributed by atoms with van der Waals surface area (Å²) >= 11 is 0. The Hall–Kier alpha value is -0.820. The highest BCUT2D eigenvalue weighted by Crippen LogP contribution is 2.44. The molecule has 4 nitrogen and oxygen atoms in total. The number of methoxy groups -OCH3 is 1. The van der Waals surface area contributed by atoms with Crippen molar-refractivity contribution >= 4 is 5.97 Å². The van der Waals surface area contributed by atoms with Crippen LogP contribution in [-0.2, 0) is 14.3 Å². The van der Waals surface area contributed by atoms with E-state index in [1.807, 2.05) is 0 Å². The van der Waals surface area contributed by atoms with E-state index in [2.05, 4.69) is 5.32 Å². The summed E-state index contributed by atoms with van der Waals surface area (Å²) in [5.41, 5.74) is -2.38. The molecule has 0 aromatic rings. The molecule has 0 aromatic heterocycles. The number of halogens is 3. The van der Waals surface area contributed by atoms with Gasteiger partial charge in [0.1, 0.15) is 6.10 Å². The summed E-state index contributed by atoms with van der Waals surface area (Å²) in [7, 11) is 1.56. The van der Waals surface area contributed by atoms with Crippen LogP contribution in [-0.4, -0.2) is 44.6 Å². The molecule has 0 amide bonds. The Morgan fingerprint density at radius 3 is 2.55 bits per heavy atom. The van der Waals surface area contributed by atoms with Crippen LogP contribution in [0.25, 0.3) is 0 Å². The van der Waals surface area contributed by atoms with E-state index in [9.17, 15) is 18.0 Å². The third-order valence-corrected chi connectivity index (χ3v) is 4.27. The molecule has 0 radical (unpaired) electrons. The number of hydrogen-bond acceptors (Lipinski definition) is 4. The second-order valence-corrected chi connectivity index (χ2v) is 5.56. The second-order valence-electron chi connectivity index (χ2n) is 5.56. The minimum absolute atomic E-state index is 0.0370. The Morgan fingerprint density at radius 2 is 2.00 bits per heavy atom. The third kappa shape index (κ3) is 2.93. The lowest BCUT2D eigenvalue weighted by molar-refractivity contribution is -0.233. The van der Waals surface area contributed by atoms with Crippen LogP contribution in [0.4, 0.5) is 13.2 Å². The molecule has 3 atom stereocenters. The summed E-state index contributed by atoms with van der Waals surface area (Å²) in [5.74, 6) is -1.14. The quantitative estimate of drug-likeness (QED) is 0.809. The standard InChI is InChI=1S/C13H20F3NO3/c1-19-9-3-2-4-10(7-9)20-11(18)12(13(14,15)16)5-6-17-8-12/h9-10,17H,2-8H2,1H3. The summed E-state index contributed by atoms with van der Waals surface area (Å²) < 4.78 is 49.9. The molecule has 1 saturated carbocycles. The molecule has 0 aromatic carbocycles. The molecule has 2 rings (SSSR count). The number of alkyl halides is 3. The predicted molar refractivity (Wildman–Crippen MR) is 65.1 cm³/mol. The van der Waals surface area contributed by atoms with Gasteiger partial charge >= 0.3 is 12.1 Å². The van der Waals surface area contributed by atoms with Gasteiger partial charge in [0.2, 0.25) is 0 Å². The van der Waals surface area contributed by atoms with Crippen molar-refractivity contribution < 1.29 is 27.4 Å². The fourth-order valence-electron chi connectivity index (χ4n) is 2.91. The largest absolute Gasteiger partial charge is 0.462 e. The first-order valence-corrected chi connectivity index (χ1v) is 6.90. The molecule has 0 spiro atoms. The van der Waals surface area contributed by atoms with Gasteiger partial charge in [-0.05, 0) is 32.2 Å². The molecule has 116 valence electrons. The lowest BCUT2D eigenvalue weighted by atomic mass is 9.86. The number of carbonyl (C=O) groups excluding carboxylic acids is 1. The zero-order valence-corrected chi connectivity index (χ0v) is 11.5. The van der Waals surface area contributed by atoms with Crippen molar-refractivity contribution in [1.29, 1.82) is 0 Å². The first-order valence-electron chi connectivity index (χ1n) is 6.90. The van der Waals surface area contributed by atoms with Crippen molar-refractivity contribution in [3.8, 4) is 0 Å². The molecule has 0 bridgehead atoms. The Bertz CT molecular complexity index is 353. The molecule has 1 aliphatic heterocycles. The number of esters is 1. The zero-order valence-electron chi connectivity index (χ0n) is 11.5. The minimum Gasteiger partial charge on any atom is -0.462 e. The number of rotatable bonds is 3. The topological polar surface area (TPSA) is 47.6 Å². The highest BCUT2D eigenvalue weighted by atomic mass is 19.4. The number of hydrogen-bond donors (Lipinski definition) is 1. The van der Waals surface area contributed by atoms with Crippen molar-refractivity contribution in [1.82, 2.24) is 5.32 Å². The highest BCUT2D eigenvalue weighted by molar-refractivity contribution is 5.79.